The summed E-state index contributed by atoms with van der Waals surface area (Å²) in [7, 11) is 2.99. The number of anilines is 1. The Labute approximate surface area is 166 Å². The number of hydrogen-bond donors (Lipinski definition) is 1. The summed E-state index contributed by atoms with van der Waals surface area (Å²) in [4.78, 5) is 29.3. The van der Waals surface area contributed by atoms with Crippen molar-refractivity contribution in [1.29, 1.82) is 0 Å². The maximum atomic E-state index is 12.5. The Morgan fingerprint density at radius 3 is 2.68 bits per heavy atom. The number of fused-ring (bicyclic) bond motifs is 1. The number of carbonyl (C=O) groups excluding carboxylic acids is 1. The van der Waals surface area contributed by atoms with Crippen molar-refractivity contribution >= 4 is 34.2 Å². The number of amides is 1. The van der Waals surface area contributed by atoms with Crippen LogP contribution < -0.4 is 20.3 Å². The van der Waals surface area contributed by atoms with Crippen molar-refractivity contribution in [2.45, 2.75) is 19.9 Å². The first-order valence-electron chi connectivity index (χ1n) is 8.62. The summed E-state index contributed by atoms with van der Waals surface area (Å²) < 4.78 is 12.0. The van der Waals surface area contributed by atoms with Gasteiger partial charge in [-0.05, 0) is 19.1 Å². The van der Waals surface area contributed by atoms with Crippen molar-refractivity contribution in [2.75, 3.05) is 19.5 Å². The van der Waals surface area contributed by atoms with Crippen LogP contribution in [0, 0.1) is 6.92 Å². The maximum absolute atomic E-state index is 12.5. The van der Waals surface area contributed by atoms with Crippen molar-refractivity contribution in [1.82, 2.24) is 9.55 Å². The van der Waals surface area contributed by atoms with E-state index in [0.717, 1.165) is 0 Å². The molecular weight excluding hydrogens is 382 g/mol. The van der Waals surface area contributed by atoms with Crippen LogP contribution in [-0.4, -0.2) is 29.7 Å². The number of rotatable bonds is 6. The van der Waals surface area contributed by atoms with E-state index in [4.69, 9.17) is 21.1 Å². The van der Waals surface area contributed by atoms with Gasteiger partial charge in [-0.2, -0.15) is 0 Å². The Bertz CT molecular complexity index is 1090. The first-order chi connectivity index (χ1) is 13.4. The lowest BCUT2D eigenvalue weighted by molar-refractivity contribution is -0.116. The summed E-state index contributed by atoms with van der Waals surface area (Å²) in [6.07, 6.45) is 0.0822. The molecule has 0 saturated heterocycles. The van der Waals surface area contributed by atoms with E-state index in [1.165, 1.54) is 14.2 Å². The van der Waals surface area contributed by atoms with Crippen LogP contribution in [0.2, 0.25) is 5.02 Å². The molecule has 1 amide bonds. The van der Waals surface area contributed by atoms with Crippen molar-refractivity contribution in [3.05, 3.63) is 57.5 Å². The minimum absolute atomic E-state index is 0.0822. The second-order valence-corrected chi connectivity index (χ2v) is 6.53. The molecule has 8 heteroatoms. The van der Waals surface area contributed by atoms with E-state index in [9.17, 15) is 9.59 Å². The predicted molar refractivity (Wildman–Crippen MR) is 109 cm³/mol. The summed E-state index contributed by atoms with van der Waals surface area (Å²) in [5.74, 6) is 0.612. The topological polar surface area (TPSA) is 82.5 Å². The fraction of sp³-hybridized carbons (Fsp3) is 0.250. The summed E-state index contributed by atoms with van der Waals surface area (Å²) in [6, 6.07) is 10.5. The molecule has 1 N–H and O–H groups in total. The van der Waals surface area contributed by atoms with E-state index in [1.807, 2.05) is 24.3 Å². The minimum Gasteiger partial charge on any atom is -0.497 e. The molecule has 3 aromatic rings. The molecule has 7 nitrogen and oxygen atoms in total. The van der Waals surface area contributed by atoms with Gasteiger partial charge in [0.15, 0.2) is 0 Å². The molecule has 0 aliphatic rings. The molecule has 3 rings (SSSR count). The highest BCUT2D eigenvalue weighted by atomic mass is 35.5. The highest BCUT2D eigenvalue weighted by Crippen LogP contribution is 2.36. The lowest BCUT2D eigenvalue weighted by Gasteiger charge is -2.14. The van der Waals surface area contributed by atoms with E-state index < -0.39 is 0 Å². The van der Waals surface area contributed by atoms with Gasteiger partial charge in [-0.1, -0.05) is 23.7 Å². The van der Waals surface area contributed by atoms with Crippen molar-refractivity contribution in [3.8, 4) is 11.5 Å². The number of aromatic nitrogens is 2. The van der Waals surface area contributed by atoms with Crippen LogP contribution in [0.25, 0.3) is 11.0 Å². The zero-order valence-corrected chi connectivity index (χ0v) is 16.5. The molecular formula is C20H20ClN3O4. The summed E-state index contributed by atoms with van der Waals surface area (Å²) >= 11 is 6.24. The molecule has 0 aliphatic heterocycles. The Morgan fingerprint density at radius 1 is 1.21 bits per heavy atom. The molecule has 1 aromatic heterocycles. The van der Waals surface area contributed by atoms with Crippen LogP contribution >= 0.6 is 11.6 Å². The number of carbonyl (C=O) groups is 1. The Morgan fingerprint density at radius 2 is 1.96 bits per heavy atom. The Balaban J connectivity index is 1.82. The van der Waals surface area contributed by atoms with Gasteiger partial charge in [-0.15, -0.1) is 0 Å². The van der Waals surface area contributed by atoms with Gasteiger partial charge in [0.05, 0.1) is 30.3 Å². The van der Waals surface area contributed by atoms with E-state index in [1.54, 1.807) is 23.6 Å². The van der Waals surface area contributed by atoms with Crippen LogP contribution in [0.15, 0.2) is 41.2 Å². The summed E-state index contributed by atoms with van der Waals surface area (Å²) in [5.41, 5.74) is 1.93. The number of nitrogens with zero attached hydrogens (tertiary/aromatic N) is 2. The first kappa shape index (κ1) is 19.7. The number of hydrogen-bond acceptors (Lipinski definition) is 5. The molecule has 0 radical (unpaired) electrons. The third-order valence-electron chi connectivity index (χ3n) is 4.33. The highest BCUT2D eigenvalue weighted by molar-refractivity contribution is 6.34. The third-order valence-corrected chi connectivity index (χ3v) is 4.62. The van der Waals surface area contributed by atoms with Crippen LogP contribution in [-0.2, 0) is 11.3 Å². The molecule has 2 aromatic carbocycles. The van der Waals surface area contributed by atoms with Gasteiger partial charge in [-0.3, -0.25) is 9.59 Å². The zero-order valence-electron chi connectivity index (χ0n) is 15.8. The molecule has 0 fully saturated rings. The maximum Gasteiger partial charge on any atom is 0.272 e. The minimum atomic E-state index is -0.296. The molecule has 28 heavy (non-hydrogen) atoms. The third kappa shape index (κ3) is 3.94. The zero-order chi connectivity index (χ0) is 20.3. The number of benzene rings is 2. The average Bonchev–Trinajstić information content (AvgIpc) is 2.69. The van der Waals surface area contributed by atoms with Crippen LogP contribution in [0.4, 0.5) is 5.69 Å². The van der Waals surface area contributed by atoms with Gasteiger partial charge < -0.3 is 19.4 Å². The number of aryl methyl sites for hydroxylation is 2. The Kier molecular flexibility index (Phi) is 5.84. The molecule has 0 bridgehead atoms. The van der Waals surface area contributed by atoms with E-state index in [0.29, 0.717) is 38.9 Å². The quantitative estimate of drug-likeness (QED) is 0.684. The van der Waals surface area contributed by atoms with E-state index >= 15 is 0 Å². The van der Waals surface area contributed by atoms with Gasteiger partial charge in [0.25, 0.3) is 5.56 Å². The van der Waals surface area contributed by atoms with Crippen LogP contribution in [0.1, 0.15) is 12.1 Å². The molecule has 1 heterocycles. The molecule has 0 saturated carbocycles. The molecule has 0 aliphatic carbocycles. The molecule has 0 unspecified atom stereocenters. The predicted octanol–water partition coefficient (Wildman–Crippen LogP) is 3.40. The molecule has 0 spiro atoms. The number of ether oxygens (including phenoxy) is 2. The number of nitrogens with one attached hydrogen (secondary N) is 1. The van der Waals surface area contributed by atoms with Gasteiger partial charge in [0.2, 0.25) is 5.91 Å². The SMILES string of the molecule is COc1cc(Cl)c(NC(=O)CCn2c(=O)c(C)nc3ccccc32)c(OC)c1. The van der Waals surface area contributed by atoms with Gasteiger partial charge in [0.1, 0.15) is 22.9 Å². The van der Waals surface area contributed by atoms with Crippen LogP contribution in [0.3, 0.4) is 0 Å². The van der Waals surface area contributed by atoms with Gasteiger partial charge in [0, 0.05) is 25.1 Å². The van der Waals surface area contributed by atoms with Crippen molar-refractivity contribution < 1.29 is 14.3 Å². The lowest BCUT2D eigenvalue weighted by Crippen LogP contribution is -2.26. The largest absolute Gasteiger partial charge is 0.497 e. The molecule has 146 valence electrons. The van der Waals surface area contributed by atoms with Gasteiger partial charge >= 0.3 is 0 Å². The summed E-state index contributed by atoms with van der Waals surface area (Å²) in [6.45, 7) is 1.87. The normalized spacial score (nSPS) is 10.7. The average molecular weight is 402 g/mol. The standard InChI is InChI=1S/C20H20ClN3O4/c1-12-20(26)24(16-7-5-4-6-15(16)22-12)9-8-18(25)23-19-14(21)10-13(27-2)11-17(19)28-3/h4-7,10-11H,8-9H2,1-3H3,(H,23,25). The number of para-hydroxylation sites is 2. The van der Waals surface area contributed by atoms with E-state index in [-0.39, 0.29) is 24.4 Å². The van der Waals surface area contributed by atoms with Crippen LogP contribution in [0.5, 0.6) is 11.5 Å². The second-order valence-electron chi connectivity index (χ2n) is 6.13. The van der Waals surface area contributed by atoms with Crippen molar-refractivity contribution in [2.24, 2.45) is 0 Å². The highest BCUT2D eigenvalue weighted by Gasteiger charge is 2.15. The smallest absolute Gasteiger partial charge is 0.272 e. The molecule has 0 atom stereocenters. The lowest BCUT2D eigenvalue weighted by atomic mass is 10.2. The fourth-order valence-corrected chi connectivity index (χ4v) is 3.16. The monoisotopic (exact) mass is 401 g/mol. The fourth-order valence-electron chi connectivity index (χ4n) is 2.92. The second kappa shape index (κ2) is 8.31. The Hall–Kier alpha value is -3.06. The van der Waals surface area contributed by atoms with Crippen molar-refractivity contribution in [3.63, 3.8) is 0 Å². The number of methoxy groups -OCH3 is 2. The number of halogens is 1. The summed E-state index contributed by atoms with van der Waals surface area (Å²) in [5, 5.41) is 3.05. The first-order valence-corrected chi connectivity index (χ1v) is 9.00. The van der Waals surface area contributed by atoms with Gasteiger partial charge in [-0.25, -0.2) is 4.98 Å². The van der Waals surface area contributed by atoms with E-state index in [2.05, 4.69) is 10.3 Å².